The molecule has 11 nitrogen and oxygen atoms in total. The van der Waals surface area contributed by atoms with Gasteiger partial charge in [0.1, 0.15) is 18.2 Å². The highest BCUT2D eigenvalue weighted by Crippen LogP contribution is 2.51. The number of anilines is 2. The van der Waals surface area contributed by atoms with Crippen molar-refractivity contribution in [1.82, 2.24) is 24.0 Å². The molecule has 3 aliphatic rings. The maximum Gasteiger partial charge on any atom is 0.329 e. The van der Waals surface area contributed by atoms with Crippen LogP contribution in [0, 0.1) is 5.82 Å². The SMILES string of the molecule is CN(C)CCCN(C)c1ncc(-c2c(F)cc3ncc4c5c3c2OCC2(CC2)n5c(=O)n4C)cc1NS(=O)(=O)C1CC1. The predicted molar refractivity (Wildman–Crippen MR) is 160 cm³/mol. The van der Waals surface area contributed by atoms with Crippen molar-refractivity contribution in [2.45, 2.75) is 42.9 Å². The molecule has 0 unspecified atom stereocenters. The Kier molecular flexibility index (Phi) is 6.07. The summed E-state index contributed by atoms with van der Waals surface area (Å²) in [6.45, 7) is 1.73. The van der Waals surface area contributed by atoms with E-state index < -0.39 is 26.6 Å². The van der Waals surface area contributed by atoms with E-state index in [1.165, 1.54) is 6.07 Å². The summed E-state index contributed by atoms with van der Waals surface area (Å²) in [6, 6.07) is 2.98. The second-order valence-corrected chi connectivity index (χ2v) is 14.1. The van der Waals surface area contributed by atoms with Crippen molar-refractivity contribution in [2.75, 3.05) is 50.5 Å². The number of halogens is 1. The number of nitrogens with zero attached hydrogens (tertiary/aromatic N) is 6. The van der Waals surface area contributed by atoms with Gasteiger partial charge in [0.25, 0.3) is 0 Å². The number of fused-ring (bicyclic) bond motifs is 1. The van der Waals surface area contributed by atoms with E-state index in [1.807, 2.05) is 26.0 Å². The van der Waals surface area contributed by atoms with Gasteiger partial charge in [0.15, 0.2) is 5.82 Å². The van der Waals surface area contributed by atoms with Crippen molar-refractivity contribution in [3.8, 4) is 16.9 Å². The van der Waals surface area contributed by atoms with E-state index in [2.05, 4.69) is 19.6 Å². The van der Waals surface area contributed by atoms with E-state index in [0.29, 0.717) is 58.4 Å². The number of hydrogen-bond donors (Lipinski definition) is 1. The number of rotatable bonds is 9. The zero-order valence-corrected chi connectivity index (χ0v) is 25.0. The van der Waals surface area contributed by atoms with Crippen LogP contribution in [-0.4, -0.2) is 78.5 Å². The van der Waals surface area contributed by atoms with Gasteiger partial charge in [-0.1, -0.05) is 0 Å². The Morgan fingerprint density at radius 1 is 1.14 bits per heavy atom. The third-order valence-corrected chi connectivity index (χ3v) is 10.6. The van der Waals surface area contributed by atoms with E-state index in [4.69, 9.17) is 4.74 Å². The maximum absolute atomic E-state index is 16.0. The fourth-order valence-corrected chi connectivity index (χ4v) is 7.42. The van der Waals surface area contributed by atoms with Gasteiger partial charge in [-0.3, -0.25) is 18.8 Å². The van der Waals surface area contributed by atoms with Crippen molar-refractivity contribution in [3.63, 3.8) is 0 Å². The van der Waals surface area contributed by atoms with Crippen LogP contribution in [0.25, 0.3) is 33.1 Å². The third-order valence-electron chi connectivity index (χ3n) is 8.70. The Balaban J connectivity index is 1.41. The molecule has 4 aromatic rings. The molecule has 4 heterocycles. The van der Waals surface area contributed by atoms with Crippen molar-refractivity contribution < 1.29 is 17.5 Å². The number of aromatic nitrogens is 4. The molecule has 0 amide bonds. The number of benzene rings is 1. The lowest BCUT2D eigenvalue weighted by atomic mass is 10.0. The first-order chi connectivity index (χ1) is 20.0. The first-order valence-corrected chi connectivity index (χ1v) is 15.8. The zero-order chi connectivity index (χ0) is 29.6. The molecule has 1 aromatic carbocycles. The summed E-state index contributed by atoms with van der Waals surface area (Å²) < 4.78 is 54.7. The van der Waals surface area contributed by atoms with Crippen LogP contribution in [-0.2, 0) is 22.6 Å². The molecule has 3 aromatic heterocycles. The van der Waals surface area contributed by atoms with Gasteiger partial charge in [0, 0.05) is 38.5 Å². The highest BCUT2D eigenvalue weighted by Gasteiger charge is 2.50. The summed E-state index contributed by atoms with van der Waals surface area (Å²) in [7, 11) is 3.96. The third kappa shape index (κ3) is 4.24. The van der Waals surface area contributed by atoms with Gasteiger partial charge < -0.3 is 14.5 Å². The van der Waals surface area contributed by atoms with E-state index in [9.17, 15) is 13.2 Å². The van der Waals surface area contributed by atoms with Gasteiger partial charge in [-0.05, 0) is 58.8 Å². The number of hydrogen-bond acceptors (Lipinski definition) is 8. The Labute approximate surface area is 243 Å². The summed E-state index contributed by atoms with van der Waals surface area (Å²) in [5.41, 5.74) is 1.90. The van der Waals surface area contributed by atoms with Crippen molar-refractivity contribution in [3.05, 3.63) is 40.8 Å². The molecule has 2 fully saturated rings. The van der Waals surface area contributed by atoms with Gasteiger partial charge in [-0.25, -0.2) is 22.6 Å². The molecule has 13 heteroatoms. The van der Waals surface area contributed by atoms with E-state index in [0.717, 1.165) is 25.8 Å². The van der Waals surface area contributed by atoms with Crippen molar-refractivity contribution >= 4 is 43.5 Å². The van der Waals surface area contributed by atoms with Crippen LogP contribution in [0.5, 0.6) is 5.75 Å². The first-order valence-electron chi connectivity index (χ1n) is 14.2. The molecule has 0 radical (unpaired) electrons. The number of imidazole rings is 1. The minimum Gasteiger partial charge on any atom is -0.490 e. The van der Waals surface area contributed by atoms with E-state index in [1.54, 1.807) is 34.6 Å². The van der Waals surface area contributed by atoms with Gasteiger partial charge in [-0.2, -0.15) is 0 Å². The van der Waals surface area contributed by atoms with Crippen LogP contribution >= 0.6 is 0 Å². The van der Waals surface area contributed by atoms with E-state index >= 15 is 4.39 Å². The van der Waals surface area contributed by atoms with Crippen LogP contribution < -0.4 is 20.0 Å². The number of sulfonamides is 1. The average Bonchev–Trinajstić information content (AvgIpc) is 3.85. The smallest absolute Gasteiger partial charge is 0.329 e. The molecule has 222 valence electrons. The molecular weight excluding hydrogens is 561 g/mol. The minimum absolute atomic E-state index is 0.154. The highest BCUT2D eigenvalue weighted by atomic mass is 32.2. The lowest BCUT2D eigenvalue weighted by Crippen LogP contribution is -2.34. The van der Waals surface area contributed by atoms with Crippen molar-refractivity contribution in [1.29, 1.82) is 0 Å². The monoisotopic (exact) mass is 595 g/mol. The number of pyridine rings is 2. The van der Waals surface area contributed by atoms with Crippen LogP contribution in [0.4, 0.5) is 15.9 Å². The van der Waals surface area contributed by atoms with Gasteiger partial charge in [0.05, 0.1) is 50.2 Å². The topological polar surface area (TPSA) is 115 Å². The lowest BCUT2D eigenvalue weighted by Gasteiger charge is -2.23. The molecule has 1 aliphatic heterocycles. The number of nitrogens with one attached hydrogen (secondary N) is 1. The molecule has 0 bridgehead atoms. The summed E-state index contributed by atoms with van der Waals surface area (Å²) in [5, 5.41) is 0.123. The second kappa shape index (κ2) is 9.40. The standard InChI is InChI=1S/C29H34FN7O4S/c1-34(2)10-5-11-35(3)27-21(33-42(39,40)18-6-7-18)12-17(14-32-27)23-19(30)13-20-24-25-22(15-31-20)36(4)28(38)37(25)29(8-9-29)16-41-26(23)24/h12-15,18,33H,5-11,16H2,1-4H3. The van der Waals surface area contributed by atoms with E-state index in [-0.39, 0.29) is 23.6 Å². The Hall–Kier alpha value is -3.71. The second-order valence-electron chi connectivity index (χ2n) is 12.2. The molecule has 7 rings (SSSR count). The molecular formula is C29H34FN7O4S. The molecule has 42 heavy (non-hydrogen) atoms. The van der Waals surface area contributed by atoms with Crippen LogP contribution in [0.1, 0.15) is 32.1 Å². The average molecular weight is 596 g/mol. The minimum atomic E-state index is -3.62. The largest absolute Gasteiger partial charge is 0.490 e. The fourth-order valence-electron chi connectivity index (χ4n) is 6.04. The Morgan fingerprint density at radius 3 is 2.60 bits per heavy atom. The fraction of sp³-hybridized carbons (Fsp3) is 0.483. The predicted octanol–water partition coefficient (Wildman–Crippen LogP) is 3.26. The number of ether oxygens (including phenoxy) is 1. The molecule has 2 saturated carbocycles. The Bertz CT molecular complexity index is 1930. The summed E-state index contributed by atoms with van der Waals surface area (Å²) >= 11 is 0. The van der Waals surface area contributed by atoms with Gasteiger partial charge in [0.2, 0.25) is 10.0 Å². The zero-order valence-electron chi connectivity index (χ0n) is 24.1. The van der Waals surface area contributed by atoms with Crippen LogP contribution in [0.2, 0.25) is 0 Å². The van der Waals surface area contributed by atoms with Gasteiger partial charge in [-0.15, -0.1) is 0 Å². The number of aryl methyl sites for hydroxylation is 1. The summed E-state index contributed by atoms with van der Waals surface area (Å²) in [5.74, 6) is 0.189. The normalized spacial score (nSPS) is 17.3. The molecule has 1 N–H and O–H groups in total. The summed E-state index contributed by atoms with van der Waals surface area (Å²) in [6.07, 6.45) is 6.79. The first kappa shape index (κ1) is 27.1. The van der Waals surface area contributed by atoms with Crippen LogP contribution in [0.3, 0.4) is 0 Å². The van der Waals surface area contributed by atoms with Crippen LogP contribution in [0.15, 0.2) is 29.3 Å². The molecule has 0 atom stereocenters. The summed E-state index contributed by atoms with van der Waals surface area (Å²) in [4.78, 5) is 26.5. The highest BCUT2D eigenvalue weighted by molar-refractivity contribution is 7.93. The quantitative estimate of drug-likeness (QED) is 0.314. The maximum atomic E-state index is 16.0. The van der Waals surface area contributed by atoms with Crippen molar-refractivity contribution in [2.24, 2.45) is 7.05 Å². The molecule has 1 spiro atoms. The lowest BCUT2D eigenvalue weighted by molar-refractivity contribution is 0.241. The molecule has 2 aliphatic carbocycles. The Morgan fingerprint density at radius 2 is 1.90 bits per heavy atom. The molecule has 0 saturated heterocycles. The van der Waals surface area contributed by atoms with Gasteiger partial charge >= 0.3 is 5.69 Å².